The predicted molar refractivity (Wildman–Crippen MR) is 122 cm³/mol. The van der Waals surface area contributed by atoms with Crippen LogP contribution in [0.1, 0.15) is 53.1 Å². The second-order valence-corrected chi connectivity index (χ2v) is 10.5. The molecule has 2 N–H and O–H groups in total. The summed E-state index contributed by atoms with van der Waals surface area (Å²) < 4.78 is 41.2. The molecule has 2 atom stereocenters. The van der Waals surface area contributed by atoms with E-state index in [9.17, 15) is 22.4 Å². The Balaban J connectivity index is 1.78. The number of carbonyl (C=O) groups is 1. The van der Waals surface area contributed by atoms with E-state index in [0.717, 1.165) is 30.5 Å². The molecule has 4 rings (SSSR count). The maximum Gasteiger partial charge on any atom is 0.277 e. The average molecular weight is 476 g/mol. The molecule has 0 spiro atoms. The number of benzene rings is 1. The van der Waals surface area contributed by atoms with Crippen LogP contribution in [0.25, 0.3) is 5.65 Å². The van der Waals surface area contributed by atoms with Crippen molar-refractivity contribution in [3.63, 3.8) is 0 Å². The number of anilines is 1. The van der Waals surface area contributed by atoms with Gasteiger partial charge in [0.05, 0.1) is 29.2 Å². The number of piperidine rings is 1. The number of aromatic amines is 1. The van der Waals surface area contributed by atoms with Gasteiger partial charge in [-0.25, -0.2) is 12.8 Å². The van der Waals surface area contributed by atoms with E-state index in [1.807, 2.05) is 6.92 Å². The summed E-state index contributed by atoms with van der Waals surface area (Å²) in [4.78, 5) is 31.0. The third kappa shape index (κ3) is 4.50. The van der Waals surface area contributed by atoms with Crippen LogP contribution in [0.2, 0.25) is 0 Å². The molecule has 176 valence electrons. The van der Waals surface area contributed by atoms with E-state index < -0.39 is 27.8 Å². The van der Waals surface area contributed by atoms with Gasteiger partial charge < -0.3 is 9.88 Å². The first-order chi connectivity index (χ1) is 15.4. The molecule has 3 aromatic rings. The summed E-state index contributed by atoms with van der Waals surface area (Å²) in [5, 5.41) is 4.49. The molecule has 0 saturated carbocycles. The van der Waals surface area contributed by atoms with Crippen LogP contribution in [0.3, 0.4) is 0 Å². The maximum absolute atomic E-state index is 14.0. The molecule has 0 bridgehead atoms. The number of aryl methyl sites for hydroxylation is 1. The van der Waals surface area contributed by atoms with Crippen molar-refractivity contribution in [2.24, 2.45) is 5.92 Å². The van der Waals surface area contributed by atoms with Gasteiger partial charge in [-0.2, -0.15) is 9.61 Å². The molecule has 3 heterocycles. The van der Waals surface area contributed by atoms with Crippen molar-refractivity contribution in [1.29, 1.82) is 0 Å². The van der Waals surface area contributed by atoms with Crippen LogP contribution in [0.5, 0.6) is 0 Å². The fourth-order valence-electron chi connectivity index (χ4n) is 4.21. The summed E-state index contributed by atoms with van der Waals surface area (Å²) in [5.74, 6) is -0.860. The minimum atomic E-state index is -3.68. The molecule has 33 heavy (non-hydrogen) atoms. The summed E-state index contributed by atoms with van der Waals surface area (Å²) in [6.07, 6.45) is 2.30. The molecule has 1 amide bonds. The van der Waals surface area contributed by atoms with Gasteiger partial charge in [-0.15, -0.1) is 0 Å². The zero-order chi connectivity index (χ0) is 24.1. The van der Waals surface area contributed by atoms with Crippen LogP contribution < -0.4 is 10.3 Å². The minimum Gasteiger partial charge on any atom is -0.343 e. The van der Waals surface area contributed by atoms with E-state index in [4.69, 9.17) is 0 Å². The second-order valence-electron chi connectivity index (χ2n) is 8.75. The van der Waals surface area contributed by atoms with Crippen LogP contribution in [0, 0.1) is 25.6 Å². The van der Waals surface area contributed by atoms with Crippen LogP contribution >= 0.6 is 0 Å². The first-order valence-corrected chi connectivity index (χ1v) is 12.5. The first kappa shape index (κ1) is 23.0. The van der Waals surface area contributed by atoms with Crippen LogP contribution in [0.4, 0.5) is 10.1 Å². The summed E-state index contributed by atoms with van der Waals surface area (Å²) in [7, 11) is -3.68. The minimum absolute atomic E-state index is 0.0118. The SMILES string of the molecule is Cc1[nH]c2cc([C@H]3C[C@@H](C)CCN3C(=O)c3cc(F)ccc3NS(C)(=O)=O)nn2c(=O)c1C. The fourth-order valence-corrected chi connectivity index (χ4v) is 4.79. The number of nitrogens with one attached hydrogen (secondary N) is 2. The van der Waals surface area contributed by atoms with Crippen LogP contribution in [-0.4, -0.2) is 46.6 Å². The molecule has 1 fully saturated rings. The lowest BCUT2D eigenvalue weighted by Gasteiger charge is -2.38. The van der Waals surface area contributed by atoms with E-state index >= 15 is 0 Å². The summed E-state index contributed by atoms with van der Waals surface area (Å²) in [5.41, 5.74) is 2.05. The summed E-state index contributed by atoms with van der Waals surface area (Å²) >= 11 is 0. The Kier molecular flexibility index (Phi) is 5.77. The largest absolute Gasteiger partial charge is 0.343 e. The third-order valence-corrected chi connectivity index (χ3v) is 6.68. The third-order valence-electron chi connectivity index (χ3n) is 6.09. The maximum atomic E-state index is 14.0. The summed E-state index contributed by atoms with van der Waals surface area (Å²) in [6.45, 7) is 5.98. The lowest BCUT2D eigenvalue weighted by Crippen LogP contribution is -2.41. The number of amides is 1. The van der Waals surface area contributed by atoms with Gasteiger partial charge in [-0.1, -0.05) is 6.92 Å². The molecule has 1 aliphatic heterocycles. The number of carbonyl (C=O) groups excluding carboxylic acids is 1. The van der Waals surface area contributed by atoms with Crippen molar-refractivity contribution in [2.75, 3.05) is 17.5 Å². The van der Waals surface area contributed by atoms with Gasteiger partial charge in [0.15, 0.2) is 0 Å². The molecular weight excluding hydrogens is 449 g/mol. The van der Waals surface area contributed by atoms with Crippen molar-refractivity contribution in [3.05, 3.63) is 63.0 Å². The molecule has 0 aliphatic carbocycles. The van der Waals surface area contributed by atoms with Gasteiger partial charge in [-0.3, -0.25) is 14.3 Å². The highest BCUT2D eigenvalue weighted by Crippen LogP contribution is 2.35. The number of aromatic nitrogens is 3. The Morgan fingerprint density at radius 3 is 2.70 bits per heavy atom. The number of nitrogens with zero attached hydrogens (tertiary/aromatic N) is 3. The van der Waals surface area contributed by atoms with Crippen molar-refractivity contribution in [2.45, 2.75) is 39.7 Å². The Bertz CT molecular complexity index is 1410. The topological polar surface area (TPSA) is 117 Å². The monoisotopic (exact) mass is 475 g/mol. The average Bonchev–Trinajstić information content (AvgIpc) is 3.16. The van der Waals surface area contributed by atoms with Crippen LogP contribution in [0.15, 0.2) is 29.1 Å². The van der Waals surface area contributed by atoms with Gasteiger partial charge >= 0.3 is 0 Å². The van der Waals surface area contributed by atoms with E-state index in [-0.39, 0.29) is 16.8 Å². The first-order valence-electron chi connectivity index (χ1n) is 10.6. The second kappa shape index (κ2) is 8.29. The number of rotatable bonds is 4. The van der Waals surface area contributed by atoms with E-state index in [1.54, 1.807) is 17.9 Å². The molecule has 2 aromatic heterocycles. The molecule has 0 radical (unpaired) electrons. The fraction of sp³-hybridized carbons (Fsp3) is 0.409. The normalized spacial score (nSPS) is 19.1. The van der Waals surface area contributed by atoms with Crippen molar-refractivity contribution in [3.8, 4) is 0 Å². The highest BCUT2D eigenvalue weighted by molar-refractivity contribution is 7.92. The quantitative estimate of drug-likeness (QED) is 0.602. The van der Waals surface area contributed by atoms with Gasteiger partial charge in [0.2, 0.25) is 10.0 Å². The van der Waals surface area contributed by atoms with Crippen molar-refractivity contribution < 1.29 is 17.6 Å². The highest BCUT2D eigenvalue weighted by Gasteiger charge is 2.34. The Morgan fingerprint density at radius 2 is 2.00 bits per heavy atom. The Labute approximate surface area is 190 Å². The van der Waals surface area contributed by atoms with E-state index in [0.29, 0.717) is 35.8 Å². The standard InChI is InChI=1S/C22H26FN5O4S/c1-12-7-8-27(22(30)16-10-15(23)5-6-17(16)26-33(4,31)32)19(9-12)18-11-20-24-14(3)13(2)21(29)28(20)25-18/h5-6,10-12,19,24,26H,7-9H2,1-4H3/t12-,19+/m0/s1. The molecule has 9 nitrogen and oxygen atoms in total. The molecule has 0 unspecified atom stereocenters. The van der Waals surface area contributed by atoms with Crippen molar-refractivity contribution >= 4 is 27.3 Å². The van der Waals surface area contributed by atoms with Gasteiger partial charge in [0, 0.05) is 23.9 Å². The van der Waals surface area contributed by atoms with Gasteiger partial charge in [0.25, 0.3) is 11.5 Å². The molecule has 11 heteroatoms. The lowest BCUT2D eigenvalue weighted by molar-refractivity contribution is 0.0552. The molecule has 1 saturated heterocycles. The Morgan fingerprint density at radius 1 is 1.27 bits per heavy atom. The number of H-pyrrole nitrogens is 1. The predicted octanol–water partition coefficient (Wildman–Crippen LogP) is 2.76. The Hall–Kier alpha value is -3.21. The number of halogens is 1. The zero-order valence-electron chi connectivity index (χ0n) is 18.8. The highest BCUT2D eigenvalue weighted by atomic mass is 32.2. The van der Waals surface area contributed by atoms with Crippen LogP contribution in [-0.2, 0) is 10.0 Å². The summed E-state index contributed by atoms with van der Waals surface area (Å²) in [6, 6.07) is 4.66. The van der Waals surface area contributed by atoms with E-state index in [2.05, 4.69) is 21.7 Å². The molecular formula is C22H26FN5O4S. The number of fused-ring (bicyclic) bond motifs is 1. The smallest absolute Gasteiger partial charge is 0.277 e. The van der Waals surface area contributed by atoms with Crippen molar-refractivity contribution in [1.82, 2.24) is 19.5 Å². The van der Waals surface area contributed by atoms with Gasteiger partial charge in [-0.05, 0) is 50.8 Å². The van der Waals surface area contributed by atoms with Gasteiger partial charge in [0.1, 0.15) is 11.5 Å². The number of hydrogen-bond acceptors (Lipinski definition) is 5. The van der Waals surface area contributed by atoms with E-state index in [1.165, 1.54) is 10.6 Å². The molecule has 1 aliphatic rings. The zero-order valence-corrected chi connectivity index (χ0v) is 19.7. The number of sulfonamides is 1. The lowest BCUT2D eigenvalue weighted by atomic mass is 9.90. The number of likely N-dealkylation sites (tertiary alicyclic amines) is 1. The number of hydrogen-bond donors (Lipinski definition) is 2. The molecule has 1 aromatic carbocycles.